The lowest BCUT2D eigenvalue weighted by Gasteiger charge is -2.55. The van der Waals surface area contributed by atoms with E-state index in [1.807, 2.05) is 0 Å². The third-order valence-corrected chi connectivity index (χ3v) is 6.05. The van der Waals surface area contributed by atoms with E-state index in [-0.39, 0.29) is 17.1 Å². The fourth-order valence-corrected chi connectivity index (χ4v) is 5.53. The molecule has 0 atom stereocenters. The van der Waals surface area contributed by atoms with Crippen LogP contribution in [0.2, 0.25) is 0 Å². The molecule has 5 rings (SSSR count). The Balaban J connectivity index is 1.41. The van der Waals surface area contributed by atoms with Crippen LogP contribution in [0.5, 0.6) is 0 Å². The van der Waals surface area contributed by atoms with E-state index in [4.69, 9.17) is 12.2 Å². The summed E-state index contributed by atoms with van der Waals surface area (Å²) in [4.78, 5) is 12.9. The van der Waals surface area contributed by atoms with Crippen molar-refractivity contribution in [2.24, 2.45) is 23.2 Å². The van der Waals surface area contributed by atoms with Gasteiger partial charge < -0.3 is 10.6 Å². The van der Waals surface area contributed by atoms with Crippen molar-refractivity contribution in [3.63, 3.8) is 0 Å². The highest BCUT2D eigenvalue weighted by molar-refractivity contribution is 7.80. The summed E-state index contributed by atoms with van der Waals surface area (Å²) in [5.74, 6) is 1.97. The molecule has 0 heterocycles. The van der Waals surface area contributed by atoms with Gasteiger partial charge in [0.1, 0.15) is 5.82 Å². The van der Waals surface area contributed by atoms with Gasteiger partial charge in [0.05, 0.1) is 5.41 Å². The second kappa shape index (κ2) is 5.55. The first-order valence-electron chi connectivity index (χ1n) is 8.40. The molecule has 4 fully saturated rings. The number of hydrogen-bond donors (Lipinski definition) is 2. The number of anilines is 1. The predicted octanol–water partition coefficient (Wildman–Crippen LogP) is 3.86. The van der Waals surface area contributed by atoms with Crippen LogP contribution in [0, 0.1) is 29.0 Å². The van der Waals surface area contributed by atoms with Crippen LogP contribution >= 0.6 is 12.2 Å². The number of rotatable bonds is 2. The molecule has 4 aliphatic rings. The highest BCUT2D eigenvalue weighted by Crippen LogP contribution is 2.60. The number of amides is 1. The molecule has 2 N–H and O–H groups in total. The van der Waals surface area contributed by atoms with Gasteiger partial charge in [0.25, 0.3) is 0 Å². The van der Waals surface area contributed by atoms with Gasteiger partial charge >= 0.3 is 0 Å². The Labute approximate surface area is 141 Å². The molecule has 1 amide bonds. The second-order valence-corrected chi connectivity index (χ2v) is 8.02. The Morgan fingerprint density at radius 3 is 2.09 bits per heavy atom. The number of carbonyl (C=O) groups is 1. The molecular formula is C18H21FN2OS. The SMILES string of the molecule is O=C(NC(=S)Nc1ccc(F)cc1)C12CC3CC(CC(C3)C1)C2. The quantitative estimate of drug-likeness (QED) is 0.808. The minimum Gasteiger partial charge on any atom is -0.332 e. The lowest BCUT2D eigenvalue weighted by molar-refractivity contribution is -0.144. The summed E-state index contributed by atoms with van der Waals surface area (Å²) in [6.45, 7) is 0. The molecule has 1 aromatic rings. The van der Waals surface area contributed by atoms with E-state index in [1.165, 1.54) is 31.4 Å². The van der Waals surface area contributed by atoms with E-state index >= 15 is 0 Å². The molecule has 0 radical (unpaired) electrons. The van der Waals surface area contributed by atoms with Crippen LogP contribution in [0.15, 0.2) is 24.3 Å². The second-order valence-electron chi connectivity index (χ2n) is 7.61. The van der Waals surface area contributed by atoms with Crippen molar-refractivity contribution >= 4 is 28.9 Å². The highest BCUT2D eigenvalue weighted by Gasteiger charge is 2.54. The first-order valence-corrected chi connectivity index (χ1v) is 8.81. The summed E-state index contributed by atoms with van der Waals surface area (Å²) in [6, 6.07) is 5.95. The summed E-state index contributed by atoms with van der Waals surface area (Å²) in [6.07, 6.45) is 6.98. The van der Waals surface area contributed by atoms with Gasteiger partial charge in [-0.3, -0.25) is 4.79 Å². The molecule has 0 aliphatic heterocycles. The van der Waals surface area contributed by atoms with E-state index in [0.717, 1.165) is 37.0 Å². The largest absolute Gasteiger partial charge is 0.332 e. The lowest BCUT2D eigenvalue weighted by atomic mass is 9.49. The number of nitrogens with one attached hydrogen (secondary N) is 2. The normalized spacial score (nSPS) is 34.2. The zero-order valence-corrected chi connectivity index (χ0v) is 13.8. The van der Waals surface area contributed by atoms with Crippen molar-refractivity contribution in [2.45, 2.75) is 38.5 Å². The van der Waals surface area contributed by atoms with Gasteiger partial charge in [0.2, 0.25) is 5.91 Å². The minimum absolute atomic E-state index is 0.0798. The Kier molecular flexibility index (Phi) is 3.63. The standard InChI is InChI=1S/C18H21FN2OS/c19-14-1-3-15(4-2-14)20-17(23)21-16(22)18-8-11-5-12(9-18)7-13(6-11)10-18/h1-4,11-13H,5-10H2,(H2,20,21,22,23). The minimum atomic E-state index is -0.293. The molecule has 23 heavy (non-hydrogen) atoms. The number of hydrogen-bond acceptors (Lipinski definition) is 2. The monoisotopic (exact) mass is 332 g/mol. The third kappa shape index (κ3) is 2.87. The van der Waals surface area contributed by atoms with E-state index < -0.39 is 0 Å². The zero-order chi connectivity index (χ0) is 16.0. The molecule has 0 aromatic heterocycles. The molecule has 4 aliphatic carbocycles. The first-order chi connectivity index (χ1) is 11.0. The van der Waals surface area contributed by atoms with E-state index in [2.05, 4.69) is 10.6 Å². The molecule has 4 saturated carbocycles. The predicted molar refractivity (Wildman–Crippen MR) is 91.4 cm³/mol. The van der Waals surface area contributed by atoms with Crippen molar-refractivity contribution in [2.75, 3.05) is 5.32 Å². The summed E-state index contributed by atoms with van der Waals surface area (Å²) in [5, 5.41) is 6.16. The Morgan fingerprint density at radius 1 is 1.04 bits per heavy atom. The topological polar surface area (TPSA) is 41.1 Å². The smallest absolute Gasteiger partial charge is 0.232 e. The molecule has 0 saturated heterocycles. The zero-order valence-electron chi connectivity index (χ0n) is 13.0. The van der Waals surface area contributed by atoms with Gasteiger partial charge in [0, 0.05) is 5.69 Å². The first kappa shape index (κ1) is 15.1. The van der Waals surface area contributed by atoms with E-state index in [9.17, 15) is 9.18 Å². The lowest BCUT2D eigenvalue weighted by Crippen LogP contribution is -2.55. The van der Waals surface area contributed by atoms with Crippen LogP contribution in [0.3, 0.4) is 0 Å². The van der Waals surface area contributed by atoms with Crippen molar-refractivity contribution in [1.29, 1.82) is 0 Å². The molecule has 0 spiro atoms. The van der Waals surface area contributed by atoms with Crippen molar-refractivity contribution in [3.8, 4) is 0 Å². The molecule has 122 valence electrons. The van der Waals surface area contributed by atoms with Crippen LogP contribution in [-0.2, 0) is 4.79 Å². The number of thiocarbonyl (C=S) groups is 1. The maximum atomic E-state index is 12.9. The number of carbonyl (C=O) groups excluding carboxylic acids is 1. The van der Waals surface area contributed by atoms with Crippen molar-refractivity contribution in [3.05, 3.63) is 30.1 Å². The van der Waals surface area contributed by atoms with Crippen LogP contribution in [0.25, 0.3) is 0 Å². The maximum absolute atomic E-state index is 12.9. The molecular weight excluding hydrogens is 311 g/mol. The van der Waals surface area contributed by atoms with Crippen LogP contribution in [0.1, 0.15) is 38.5 Å². The number of halogens is 1. The summed E-state index contributed by atoms with van der Waals surface area (Å²) in [7, 11) is 0. The molecule has 5 heteroatoms. The van der Waals surface area contributed by atoms with Crippen LogP contribution < -0.4 is 10.6 Å². The highest BCUT2D eigenvalue weighted by atomic mass is 32.1. The van der Waals surface area contributed by atoms with Crippen molar-refractivity contribution in [1.82, 2.24) is 5.32 Å². The van der Waals surface area contributed by atoms with E-state index in [1.54, 1.807) is 12.1 Å². The number of benzene rings is 1. The van der Waals surface area contributed by atoms with Crippen LogP contribution in [0.4, 0.5) is 10.1 Å². The Morgan fingerprint density at radius 2 is 1.57 bits per heavy atom. The third-order valence-electron chi connectivity index (χ3n) is 5.85. The van der Waals surface area contributed by atoms with Gasteiger partial charge in [-0.2, -0.15) is 0 Å². The fraction of sp³-hybridized carbons (Fsp3) is 0.556. The van der Waals surface area contributed by atoms with Gasteiger partial charge in [-0.05, 0) is 92.8 Å². The molecule has 3 nitrogen and oxygen atoms in total. The van der Waals surface area contributed by atoms with Crippen molar-refractivity contribution < 1.29 is 9.18 Å². The van der Waals surface area contributed by atoms with Gasteiger partial charge in [-0.25, -0.2) is 4.39 Å². The fourth-order valence-electron chi connectivity index (χ4n) is 5.32. The molecule has 4 bridgehead atoms. The summed E-state index contributed by atoms with van der Waals surface area (Å²) < 4.78 is 12.9. The van der Waals surface area contributed by atoms with E-state index in [0.29, 0.717) is 10.8 Å². The Bertz CT molecular complexity index is 608. The van der Waals surface area contributed by atoms with Gasteiger partial charge in [0.15, 0.2) is 5.11 Å². The van der Waals surface area contributed by atoms with Crippen LogP contribution in [-0.4, -0.2) is 11.0 Å². The summed E-state index contributed by atoms with van der Waals surface area (Å²) in [5.41, 5.74) is 0.478. The van der Waals surface area contributed by atoms with Gasteiger partial charge in [-0.1, -0.05) is 0 Å². The average molecular weight is 332 g/mol. The molecule has 0 unspecified atom stereocenters. The molecule has 1 aromatic carbocycles. The maximum Gasteiger partial charge on any atom is 0.232 e. The average Bonchev–Trinajstić information content (AvgIpc) is 2.48. The summed E-state index contributed by atoms with van der Waals surface area (Å²) >= 11 is 5.26. The van der Waals surface area contributed by atoms with Gasteiger partial charge in [-0.15, -0.1) is 0 Å². The Hall–Kier alpha value is -1.49.